The van der Waals surface area contributed by atoms with E-state index in [0.29, 0.717) is 10.6 Å². The third-order valence-corrected chi connectivity index (χ3v) is 2.97. The molecule has 0 fully saturated rings. The molecule has 94 valence electrons. The number of carbonyl (C=O) groups is 1. The molecule has 0 aromatic heterocycles. The summed E-state index contributed by atoms with van der Waals surface area (Å²) in [6.07, 6.45) is -0.489. The first-order chi connectivity index (χ1) is 8.10. The molecule has 0 unspecified atom stereocenters. The van der Waals surface area contributed by atoms with Gasteiger partial charge in [-0.1, -0.05) is 29.3 Å². The quantitative estimate of drug-likeness (QED) is 0.841. The Morgan fingerprint density at radius 1 is 1.35 bits per heavy atom. The smallest absolute Gasteiger partial charge is 0.253 e. The Bertz CT molecular complexity index is 394. The monoisotopic (exact) mass is 277 g/mol. The van der Waals surface area contributed by atoms with Crippen molar-refractivity contribution < 1.29 is 14.3 Å². The molecule has 4 nitrogen and oxygen atoms in total. The lowest BCUT2D eigenvalue weighted by Crippen LogP contribution is -2.34. The second-order valence-corrected chi connectivity index (χ2v) is 4.00. The zero-order valence-corrected chi connectivity index (χ0v) is 11.0. The minimum Gasteiger partial charge on any atom is -0.354 e. The van der Waals surface area contributed by atoms with Gasteiger partial charge in [-0.3, -0.25) is 4.79 Å². The second kappa shape index (κ2) is 6.81. The minimum absolute atomic E-state index is 0.231. The van der Waals surface area contributed by atoms with Crippen LogP contribution in [0.1, 0.15) is 10.4 Å². The highest BCUT2D eigenvalue weighted by Gasteiger charge is 2.14. The number of halogens is 2. The van der Waals surface area contributed by atoms with Gasteiger partial charge in [-0.05, 0) is 12.1 Å². The lowest BCUT2D eigenvalue weighted by Gasteiger charge is -2.14. The standard InChI is InChI=1S/C11H13Cl2NO3/c1-16-9(17-2)6-14-11(15)7-4-3-5-8(12)10(7)13/h3-5,9H,6H2,1-2H3,(H,14,15). The lowest BCUT2D eigenvalue weighted by atomic mass is 10.2. The van der Waals surface area contributed by atoms with Crippen LogP contribution in [0, 0.1) is 0 Å². The van der Waals surface area contributed by atoms with Gasteiger partial charge >= 0.3 is 0 Å². The first-order valence-electron chi connectivity index (χ1n) is 4.88. The summed E-state index contributed by atoms with van der Waals surface area (Å²) in [5.74, 6) is -0.323. The van der Waals surface area contributed by atoms with E-state index in [-0.39, 0.29) is 17.5 Å². The molecule has 0 bridgehead atoms. The highest BCUT2D eigenvalue weighted by Crippen LogP contribution is 2.25. The highest BCUT2D eigenvalue weighted by atomic mass is 35.5. The number of rotatable bonds is 5. The Morgan fingerprint density at radius 2 is 2.00 bits per heavy atom. The number of hydrogen-bond acceptors (Lipinski definition) is 3. The van der Waals surface area contributed by atoms with Crippen LogP contribution in [0.4, 0.5) is 0 Å². The summed E-state index contributed by atoms with van der Waals surface area (Å²) >= 11 is 11.7. The Kier molecular flexibility index (Phi) is 5.71. The normalized spacial score (nSPS) is 10.6. The number of methoxy groups -OCH3 is 2. The molecule has 0 atom stereocenters. The van der Waals surface area contributed by atoms with Crippen LogP contribution in [0.3, 0.4) is 0 Å². The SMILES string of the molecule is COC(CNC(=O)c1cccc(Cl)c1Cl)OC. The third kappa shape index (κ3) is 3.85. The Balaban J connectivity index is 2.67. The predicted molar refractivity (Wildman–Crippen MR) is 66.6 cm³/mol. The van der Waals surface area contributed by atoms with E-state index in [4.69, 9.17) is 32.7 Å². The molecule has 0 radical (unpaired) electrons. The minimum atomic E-state index is -0.489. The molecule has 0 saturated carbocycles. The van der Waals surface area contributed by atoms with E-state index in [0.717, 1.165) is 0 Å². The summed E-state index contributed by atoms with van der Waals surface area (Å²) in [4.78, 5) is 11.8. The molecule has 0 aliphatic rings. The number of benzene rings is 1. The van der Waals surface area contributed by atoms with E-state index in [1.54, 1.807) is 18.2 Å². The maximum absolute atomic E-state index is 11.8. The van der Waals surface area contributed by atoms with Gasteiger partial charge in [-0.25, -0.2) is 0 Å². The van der Waals surface area contributed by atoms with Crippen molar-refractivity contribution in [2.45, 2.75) is 6.29 Å². The van der Waals surface area contributed by atoms with E-state index in [1.807, 2.05) is 0 Å². The summed E-state index contributed by atoms with van der Waals surface area (Å²) in [6, 6.07) is 4.87. The largest absolute Gasteiger partial charge is 0.354 e. The number of hydrogen-bond donors (Lipinski definition) is 1. The Labute approximate surface area is 110 Å². The van der Waals surface area contributed by atoms with Gasteiger partial charge < -0.3 is 14.8 Å². The Morgan fingerprint density at radius 3 is 2.59 bits per heavy atom. The summed E-state index contributed by atoms with van der Waals surface area (Å²) in [5.41, 5.74) is 0.324. The molecule has 0 aliphatic heterocycles. The van der Waals surface area contributed by atoms with Crippen molar-refractivity contribution in [2.75, 3.05) is 20.8 Å². The van der Waals surface area contributed by atoms with Crippen molar-refractivity contribution >= 4 is 29.1 Å². The lowest BCUT2D eigenvalue weighted by molar-refractivity contribution is -0.0974. The van der Waals surface area contributed by atoms with Crippen LogP contribution in [-0.2, 0) is 9.47 Å². The van der Waals surface area contributed by atoms with Crippen LogP contribution in [0.2, 0.25) is 10.0 Å². The third-order valence-electron chi connectivity index (χ3n) is 2.15. The molecule has 17 heavy (non-hydrogen) atoms. The molecule has 0 spiro atoms. The van der Waals surface area contributed by atoms with Crippen LogP contribution in [0.25, 0.3) is 0 Å². The summed E-state index contributed by atoms with van der Waals surface area (Å²) in [6.45, 7) is 0.231. The molecule has 1 aromatic rings. The number of amides is 1. The summed E-state index contributed by atoms with van der Waals surface area (Å²) < 4.78 is 9.89. The van der Waals surface area contributed by atoms with E-state index in [9.17, 15) is 4.79 Å². The molecule has 1 rings (SSSR count). The molecule has 0 heterocycles. The molecule has 1 amide bonds. The predicted octanol–water partition coefficient (Wildman–Crippen LogP) is 2.34. The van der Waals surface area contributed by atoms with Gasteiger partial charge in [0.1, 0.15) is 0 Å². The first kappa shape index (κ1) is 14.3. The van der Waals surface area contributed by atoms with E-state index in [2.05, 4.69) is 5.32 Å². The fourth-order valence-corrected chi connectivity index (χ4v) is 1.60. The number of nitrogens with one attached hydrogen (secondary N) is 1. The van der Waals surface area contributed by atoms with Crippen LogP contribution in [0.15, 0.2) is 18.2 Å². The zero-order chi connectivity index (χ0) is 12.8. The maximum Gasteiger partial charge on any atom is 0.253 e. The van der Waals surface area contributed by atoms with Gasteiger partial charge in [0.25, 0.3) is 5.91 Å². The summed E-state index contributed by atoms with van der Waals surface area (Å²) in [5, 5.41) is 3.21. The van der Waals surface area contributed by atoms with Gasteiger partial charge in [0, 0.05) is 14.2 Å². The van der Waals surface area contributed by atoms with Crippen LogP contribution >= 0.6 is 23.2 Å². The van der Waals surface area contributed by atoms with Gasteiger partial charge in [0.15, 0.2) is 6.29 Å². The van der Waals surface area contributed by atoms with Crippen molar-refractivity contribution in [2.24, 2.45) is 0 Å². The second-order valence-electron chi connectivity index (χ2n) is 3.21. The van der Waals surface area contributed by atoms with Crippen molar-refractivity contribution in [1.82, 2.24) is 5.32 Å². The van der Waals surface area contributed by atoms with Gasteiger partial charge in [-0.15, -0.1) is 0 Å². The van der Waals surface area contributed by atoms with E-state index in [1.165, 1.54) is 14.2 Å². The molecule has 1 aromatic carbocycles. The maximum atomic E-state index is 11.8. The van der Waals surface area contributed by atoms with Gasteiger partial charge in [-0.2, -0.15) is 0 Å². The first-order valence-corrected chi connectivity index (χ1v) is 5.63. The molecular weight excluding hydrogens is 265 g/mol. The zero-order valence-electron chi connectivity index (χ0n) is 9.50. The number of ether oxygens (including phenoxy) is 2. The molecule has 6 heteroatoms. The molecular formula is C11H13Cl2NO3. The molecule has 1 N–H and O–H groups in total. The van der Waals surface area contributed by atoms with E-state index >= 15 is 0 Å². The van der Waals surface area contributed by atoms with Crippen LogP contribution < -0.4 is 5.32 Å². The van der Waals surface area contributed by atoms with Crippen LogP contribution in [-0.4, -0.2) is 33.0 Å². The van der Waals surface area contributed by atoms with Crippen molar-refractivity contribution in [3.63, 3.8) is 0 Å². The molecule has 0 saturated heterocycles. The Hall–Kier alpha value is -0.810. The van der Waals surface area contributed by atoms with E-state index < -0.39 is 6.29 Å². The van der Waals surface area contributed by atoms with Crippen LogP contribution in [0.5, 0.6) is 0 Å². The fourth-order valence-electron chi connectivity index (χ4n) is 1.21. The molecule has 0 aliphatic carbocycles. The summed E-state index contributed by atoms with van der Waals surface area (Å²) in [7, 11) is 2.99. The average Bonchev–Trinajstić information content (AvgIpc) is 2.33. The van der Waals surface area contributed by atoms with Crippen molar-refractivity contribution in [3.05, 3.63) is 33.8 Å². The van der Waals surface area contributed by atoms with Gasteiger partial charge in [0.2, 0.25) is 0 Å². The average molecular weight is 278 g/mol. The van der Waals surface area contributed by atoms with Gasteiger partial charge in [0.05, 0.1) is 22.2 Å². The number of carbonyl (C=O) groups excluding carboxylic acids is 1. The fraction of sp³-hybridized carbons (Fsp3) is 0.364. The van der Waals surface area contributed by atoms with Crippen molar-refractivity contribution in [3.8, 4) is 0 Å². The highest BCUT2D eigenvalue weighted by molar-refractivity contribution is 6.43. The van der Waals surface area contributed by atoms with Crippen molar-refractivity contribution in [1.29, 1.82) is 0 Å². The topological polar surface area (TPSA) is 47.6 Å².